The standard InChI is InChI=1S/C43H30N2O/c1-27-24-29(26-36-32-15-6-8-18-37(32)44(42(27)36)30-12-3-2-4-13-30)28-22-23-39-35(25-28)31-14-5-9-19-38(31)45(39)40-20-11-17-34-33-16-7-10-21-41(33)46-43(34)40/h2-23,25-27H,24H2,1H3. The lowest BCUT2D eigenvalue weighted by Crippen LogP contribution is -2.09. The van der Waals surface area contributed by atoms with Gasteiger partial charge in [-0.25, -0.2) is 0 Å². The molecule has 0 fully saturated rings. The molecule has 46 heavy (non-hydrogen) atoms. The van der Waals surface area contributed by atoms with E-state index in [1.54, 1.807) is 0 Å². The van der Waals surface area contributed by atoms with Crippen molar-refractivity contribution in [3.05, 3.63) is 156 Å². The number of para-hydroxylation sites is 5. The minimum absolute atomic E-state index is 0.366. The highest BCUT2D eigenvalue weighted by atomic mass is 16.3. The zero-order chi connectivity index (χ0) is 30.4. The predicted molar refractivity (Wildman–Crippen MR) is 192 cm³/mol. The molecule has 0 spiro atoms. The second-order valence-corrected chi connectivity index (χ2v) is 12.6. The molecule has 6 aromatic carbocycles. The molecule has 3 heterocycles. The number of fused-ring (bicyclic) bond motifs is 9. The minimum atomic E-state index is 0.366. The first-order valence-corrected chi connectivity index (χ1v) is 16.1. The Kier molecular flexibility index (Phi) is 5.32. The Morgan fingerprint density at radius 1 is 0.565 bits per heavy atom. The number of furan rings is 1. The van der Waals surface area contributed by atoms with Gasteiger partial charge in [0.05, 0.1) is 22.2 Å². The van der Waals surface area contributed by atoms with E-state index in [-0.39, 0.29) is 0 Å². The van der Waals surface area contributed by atoms with Gasteiger partial charge in [-0.3, -0.25) is 0 Å². The lowest BCUT2D eigenvalue weighted by molar-refractivity contribution is 0.666. The Balaban J connectivity index is 1.19. The number of aromatic nitrogens is 2. The second kappa shape index (κ2) is 9.60. The molecular weight excluding hydrogens is 560 g/mol. The third-order valence-corrected chi connectivity index (χ3v) is 9.95. The largest absolute Gasteiger partial charge is 0.454 e. The van der Waals surface area contributed by atoms with Gasteiger partial charge >= 0.3 is 0 Å². The van der Waals surface area contributed by atoms with Crippen molar-refractivity contribution in [2.75, 3.05) is 0 Å². The van der Waals surface area contributed by atoms with Gasteiger partial charge in [-0.1, -0.05) is 97.9 Å². The van der Waals surface area contributed by atoms with E-state index in [1.165, 1.54) is 60.8 Å². The van der Waals surface area contributed by atoms with E-state index < -0.39 is 0 Å². The summed E-state index contributed by atoms with van der Waals surface area (Å²) in [5.41, 5.74) is 13.2. The number of hydrogen-bond acceptors (Lipinski definition) is 1. The number of benzene rings is 6. The fraction of sp³-hybridized carbons (Fsp3) is 0.0698. The Labute approximate surface area is 266 Å². The molecule has 218 valence electrons. The summed E-state index contributed by atoms with van der Waals surface area (Å²) < 4.78 is 11.4. The van der Waals surface area contributed by atoms with E-state index in [0.29, 0.717) is 5.92 Å². The molecule has 0 N–H and O–H groups in total. The van der Waals surface area contributed by atoms with Crippen molar-refractivity contribution in [3.8, 4) is 11.4 Å². The van der Waals surface area contributed by atoms with Gasteiger partial charge in [0.25, 0.3) is 0 Å². The zero-order valence-electron chi connectivity index (χ0n) is 25.4. The van der Waals surface area contributed by atoms with Crippen LogP contribution in [-0.4, -0.2) is 9.13 Å². The number of hydrogen-bond donors (Lipinski definition) is 0. The molecule has 3 aromatic heterocycles. The molecule has 0 amide bonds. The molecule has 0 radical (unpaired) electrons. The highest BCUT2D eigenvalue weighted by molar-refractivity contribution is 6.13. The van der Waals surface area contributed by atoms with E-state index in [9.17, 15) is 0 Å². The first kappa shape index (κ1) is 25.5. The molecule has 1 atom stereocenters. The molecule has 0 saturated heterocycles. The van der Waals surface area contributed by atoms with Crippen LogP contribution in [-0.2, 0) is 0 Å². The summed E-state index contributed by atoms with van der Waals surface area (Å²) in [6, 6.07) is 50.2. The van der Waals surface area contributed by atoms with Gasteiger partial charge in [0.2, 0.25) is 0 Å². The molecule has 3 nitrogen and oxygen atoms in total. The van der Waals surface area contributed by atoms with Crippen LogP contribution in [0.15, 0.2) is 144 Å². The molecule has 0 bridgehead atoms. The van der Waals surface area contributed by atoms with Gasteiger partial charge < -0.3 is 13.6 Å². The van der Waals surface area contributed by atoms with E-state index in [0.717, 1.165) is 34.0 Å². The number of rotatable bonds is 3. The van der Waals surface area contributed by atoms with Crippen LogP contribution in [0, 0.1) is 0 Å². The maximum atomic E-state index is 6.51. The summed E-state index contributed by atoms with van der Waals surface area (Å²) in [5.74, 6) is 0.366. The monoisotopic (exact) mass is 590 g/mol. The van der Waals surface area contributed by atoms with Gasteiger partial charge in [-0.15, -0.1) is 0 Å². The van der Waals surface area contributed by atoms with Crippen LogP contribution in [0.5, 0.6) is 0 Å². The van der Waals surface area contributed by atoms with Gasteiger partial charge in [0, 0.05) is 49.8 Å². The van der Waals surface area contributed by atoms with Crippen LogP contribution >= 0.6 is 0 Å². The lowest BCUT2D eigenvalue weighted by Gasteiger charge is -2.24. The summed E-state index contributed by atoms with van der Waals surface area (Å²) in [6.45, 7) is 2.38. The Hall–Kier alpha value is -5.80. The third kappa shape index (κ3) is 3.54. The molecule has 1 aliphatic carbocycles. The summed E-state index contributed by atoms with van der Waals surface area (Å²) in [7, 11) is 0. The average molecular weight is 591 g/mol. The predicted octanol–water partition coefficient (Wildman–Crippen LogP) is 11.7. The zero-order valence-corrected chi connectivity index (χ0v) is 25.4. The number of nitrogens with zero attached hydrogens (tertiary/aromatic N) is 2. The minimum Gasteiger partial charge on any atom is -0.454 e. The Morgan fingerprint density at radius 2 is 1.24 bits per heavy atom. The van der Waals surface area contributed by atoms with Crippen molar-refractivity contribution >= 4 is 66.3 Å². The average Bonchev–Trinajstić information content (AvgIpc) is 3.77. The molecule has 3 heteroatoms. The Morgan fingerprint density at radius 3 is 2.09 bits per heavy atom. The van der Waals surface area contributed by atoms with Crippen LogP contribution < -0.4 is 0 Å². The Bertz CT molecular complexity index is 2680. The van der Waals surface area contributed by atoms with Gasteiger partial charge in [-0.2, -0.15) is 0 Å². The summed E-state index contributed by atoms with van der Waals surface area (Å²) in [4.78, 5) is 0. The quantitative estimate of drug-likeness (QED) is 0.201. The molecule has 1 unspecified atom stereocenters. The van der Waals surface area contributed by atoms with E-state index in [2.05, 4.69) is 156 Å². The highest BCUT2D eigenvalue weighted by Gasteiger charge is 2.27. The van der Waals surface area contributed by atoms with Gasteiger partial charge in [-0.05, 0) is 72.2 Å². The van der Waals surface area contributed by atoms with Crippen molar-refractivity contribution in [2.45, 2.75) is 19.3 Å². The molecular formula is C43H30N2O. The normalized spacial score (nSPS) is 14.9. The molecule has 9 aromatic rings. The third-order valence-electron chi connectivity index (χ3n) is 9.95. The van der Waals surface area contributed by atoms with Crippen molar-refractivity contribution in [1.29, 1.82) is 0 Å². The van der Waals surface area contributed by atoms with Crippen LogP contribution in [0.3, 0.4) is 0 Å². The van der Waals surface area contributed by atoms with Crippen molar-refractivity contribution < 1.29 is 4.42 Å². The van der Waals surface area contributed by atoms with Gasteiger partial charge in [0.1, 0.15) is 5.58 Å². The first-order chi connectivity index (χ1) is 22.7. The topological polar surface area (TPSA) is 23.0 Å². The lowest BCUT2D eigenvalue weighted by atomic mass is 9.84. The molecule has 1 aliphatic rings. The van der Waals surface area contributed by atoms with E-state index in [4.69, 9.17) is 4.42 Å². The maximum absolute atomic E-state index is 6.51. The van der Waals surface area contributed by atoms with Crippen LogP contribution in [0.4, 0.5) is 0 Å². The van der Waals surface area contributed by atoms with Crippen LogP contribution in [0.25, 0.3) is 77.7 Å². The first-order valence-electron chi connectivity index (χ1n) is 16.1. The smallest absolute Gasteiger partial charge is 0.159 e. The fourth-order valence-electron chi connectivity index (χ4n) is 7.98. The van der Waals surface area contributed by atoms with Crippen molar-refractivity contribution in [1.82, 2.24) is 9.13 Å². The van der Waals surface area contributed by atoms with E-state index >= 15 is 0 Å². The summed E-state index contributed by atoms with van der Waals surface area (Å²) in [5, 5.41) is 6.10. The van der Waals surface area contributed by atoms with Crippen LogP contribution in [0.1, 0.15) is 36.1 Å². The molecule has 0 saturated carbocycles. The summed E-state index contributed by atoms with van der Waals surface area (Å²) >= 11 is 0. The maximum Gasteiger partial charge on any atom is 0.159 e. The number of allylic oxidation sites excluding steroid dienone is 1. The molecule has 10 rings (SSSR count). The fourth-order valence-corrected chi connectivity index (χ4v) is 7.98. The SMILES string of the molecule is CC1CC(c2ccc3c(c2)c2ccccc2n3-c2cccc3c2oc2ccccc23)=Cc2c1n(-c1ccccc1)c1ccccc21. The van der Waals surface area contributed by atoms with E-state index in [1.807, 2.05) is 6.07 Å². The van der Waals surface area contributed by atoms with Crippen molar-refractivity contribution in [2.24, 2.45) is 0 Å². The summed E-state index contributed by atoms with van der Waals surface area (Å²) in [6.07, 6.45) is 3.44. The van der Waals surface area contributed by atoms with Crippen molar-refractivity contribution in [3.63, 3.8) is 0 Å². The second-order valence-electron chi connectivity index (χ2n) is 12.6. The van der Waals surface area contributed by atoms with Crippen LogP contribution in [0.2, 0.25) is 0 Å². The van der Waals surface area contributed by atoms with Gasteiger partial charge in [0.15, 0.2) is 5.58 Å². The highest BCUT2D eigenvalue weighted by Crippen LogP contribution is 2.45. The molecule has 0 aliphatic heterocycles.